The molecule has 0 aliphatic heterocycles. The van der Waals surface area contributed by atoms with Gasteiger partial charge in [0.25, 0.3) is 5.91 Å². The van der Waals surface area contributed by atoms with Crippen LogP contribution in [0.2, 0.25) is 0 Å². The van der Waals surface area contributed by atoms with Gasteiger partial charge in [-0.3, -0.25) is 9.89 Å². The van der Waals surface area contributed by atoms with Crippen LogP contribution in [0, 0.1) is 0 Å². The number of aromatic amines is 1. The lowest BCUT2D eigenvalue weighted by atomic mass is 9.96. The number of anilines is 1. The van der Waals surface area contributed by atoms with E-state index >= 15 is 0 Å². The molecule has 2 rings (SSSR count). The van der Waals surface area contributed by atoms with Gasteiger partial charge >= 0.3 is 0 Å². The van der Waals surface area contributed by atoms with E-state index in [0.29, 0.717) is 11.6 Å². The summed E-state index contributed by atoms with van der Waals surface area (Å²) in [5.41, 5.74) is 0.543. The molecule has 0 fully saturated rings. The Morgan fingerprint density at radius 3 is 2.62 bits per heavy atom. The molecule has 1 aromatic heterocycles. The molecule has 21 heavy (non-hydrogen) atoms. The Morgan fingerprint density at radius 2 is 2.05 bits per heavy atom. The van der Waals surface area contributed by atoms with Crippen LogP contribution in [0.15, 0.2) is 24.3 Å². The second kappa shape index (κ2) is 5.55. The molecular formula is C15H20N4O2. The van der Waals surface area contributed by atoms with Crippen LogP contribution in [0.25, 0.3) is 0 Å². The Kier molecular flexibility index (Phi) is 3.97. The van der Waals surface area contributed by atoms with Gasteiger partial charge in [-0.2, -0.15) is 0 Å². The van der Waals surface area contributed by atoms with Crippen molar-refractivity contribution in [2.75, 3.05) is 19.1 Å². The van der Waals surface area contributed by atoms with Crippen molar-refractivity contribution in [3.8, 4) is 5.75 Å². The average molecular weight is 288 g/mol. The summed E-state index contributed by atoms with van der Waals surface area (Å²) in [6.45, 7) is 6.02. The van der Waals surface area contributed by atoms with Crippen LogP contribution in [0.5, 0.6) is 5.75 Å². The van der Waals surface area contributed by atoms with Gasteiger partial charge in [0.1, 0.15) is 11.6 Å². The fourth-order valence-corrected chi connectivity index (χ4v) is 1.78. The number of hydrogen-bond donors (Lipinski definition) is 1. The van der Waals surface area contributed by atoms with Crippen LogP contribution in [-0.4, -0.2) is 35.2 Å². The fourth-order valence-electron chi connectivity index (χ4n) is 1.78. The quantitative estimate of drug-likeness (QED) is 0.941. The van der Waals surface area contributed by atoms with E-state index in [1.165, 1.54) is 4.90 Å². The second-order valence-electron chi connectivity index (χ2n) is 5.82. The molecule has 112 valence electrons. The minimum atomic E-state index is -0.269. The van der Waals surface area contributed by atoms with Crippen molar-refractivity contribution in [2.24, 2.45) is 0 Å². The van der Waals surface area contributed by atoms with Gasteiger partial charge in [-0.1, -0.05) is 26.8 Å². The van der Waals surface area contributed by atoms with Crippen molar-refractivity contribution >= 4 is 11.6 Å². The van der Waals surface area contributed by atoms with Gasteiger partial charge in [-0.05, 0) is 12.1 Å². The molecule has 0 radical (unpaired) electrons. The van der Waals surface area contributed by atoms with E-state index in [0.717, 1.165) is 5.69 Å². The first-order valence-corrected chi connectivity index (χ1v) is 6.68. The van der Waals surface area contributed by atoms with E-state index in [-0.39, 0.29) is 17.1 Å². The monoisotopic (exact) mass is 288 g/mol. The molecule has 1 amide bonds. The molecule has 0 saturated carbocycles. The van der Waals surface area contributed by atoms with E-state index in [2.05, 4.69) is 15.2 Å². The standard InChI is InChI=1S/C15H20N4O2/c1-15(2,3)14-16-12(17-18-14)13(20)19(4)10-7-6-8-11(9-10)21-5/h6-9H,1-5H3,(H,16,17,18). The Balaban J connectivity index is 2.24. The molecule has 1 heterocycles. The Hall–Kier alpha value is -2.37. The second-order valence-corrected chi connectivity index (χ2v) is 5.82. The van der Waals surface area contributed by atoms with E-state index in [4.69, 9.17) is 4.74 Å². The molecule has 0 bridgehead atoms. The zero-order valence-corrected chi connectivity index (χ0v) is 13.0. The molecule has 1 N–H and O–H groups in total. The molecule has 0 aliphatic rings. The average Bonchev–Trinajstić information content (AvgIpc) is 2.95. The predicted octanol–water partition coefficient (Wildman–Crippen LogP) is 2.39. The molecule has 6 nitrogen and oxygen atoms in total. The summed E-state index contributed by atoms with van der Waals surface area (Å²) in [6.07, 6.45) is 0. The minimum Gasteiger partial charge on any atom is -0.497 e. The Bertz CT molecular complexity index is 643. The molecule has 2 aromatic rings. The summed E-state index contributed by atoms with van der Waals surface area (Å²) < 4.78 is 5.16. The number of carbonyl (C=O) groups is 1. The largest absolute Gasteiger partial charge is 0.497 e. The predicted molar refractivity (Wildman–Crippen MR) is 80.8 cm³/mol. The van der Waals surface area contributed by atoms with Crippen LogP contribution >= 0.6 is 0 Å². The first kappa shape index (κ1) is 15.0. The van der Waals surface area contributed by atoms with Gasteiger partial charge in [0.2, 0.25) is 5.82 Å². The minimum absolute atomic E-state index is 0.158. The highest BCUT2D eigenvalue weighted by atomic mass is 16.5. The molecule has 1 aromatic carbocycles. The van der Waals surface area contributed by atoms with Gasteiger partial charge in [0.15, 0.2) is 0 Å². The van der Waals surface area contributed by atoms with Crippen molar-refractivity contribution in [1.82, 2.24) is 15.2 Å². The lowest BCUT2D eigenvalue weighted by molar-refractivity contribution is 0.0983. The van der Waals surface area contributed by atoms with Gasteiger partial charge in [-0.15, -0.1) is 5.10 Å². The summed E-state index contributed by atoms with van der Waals surface area (Å²) in [5, 5.41) is 6.84. The van der Waals surface area contributed by atoms with Gasteiger partial charge < -0.3 is 9.64 Å². The number of benzene rings is 1. The van der Waals surface area contributed by atoms with E-state index in [1.807, 2.05) is 39.0 Å². The number of nitrogens with one attached hydrogen (secondary N) is 1. The molecular weight excluding hydrogens is 268 g/mol. The van der Waals surface area contributed by atoms with Crippen LogP contribution in [0.3, 0.4) is 0 Å². The number of H-pyrrole nitrogens is 1. The van der Waals surface area contributed by atoms with Crippen LogP contribution in [0.1, 0.15) is 37.2 Å². The number of amides is 1. The number of aromatic nitrogens is 3. The number of ether oxygens (including phenoxy) is 1. The third-order valence-corrected chi connectivity index (χ3v) is 3.13. The summed E-state index contributed by atoms with van der Waals surface area (Å²) in [4.78, 5) is 18.2. The van der Waals surface area contributed by atoms with Crippen molar-refractivity contribution in [3.63, 3.8) is 0 Å². The molecule has 6 heteroatoms. The first-order chi connectivity index (χ1) is 9.82. The number of methoxy groups -OCH3 is 1. The smallest absolute Gasteiger partial charge is 0.297 e. The van der Waals surface area contributed by atoms with Crippen molar-refractivity contribution in [3.05, 3.63) is 35.9 Å². The topological polar surface area (TPSA) is 71.1 Å². The highest BCUT2D eigenvalue weighted by Gasteiger charge is 2.23. The van der Waals surface area contributed by atoms with E-state index < -0.39 is 0 Å². The van der Waals surface area contributed by atoms with Gasteiger partial charge in [0.05, 0.1) is 7.11 Å². The summed E-state index contributed by atoms with van der Waals surface area (Å²) >= 11 is 0. The number of carbonyl (C=O) groups excluding carboxylic acids is 1. The molecule has 0 saturated heterocycles. The third kappa shape index (κ3) is 3.21. The lowest BCUT2D eigenvalue weighted by Crippen LogP contribution is -2.27. The lowest BCUT2D eigenvalue weighted by Gasteiger charge is -2.16. The maximum absolute atomic E-state index is 12.4. The number of hydrogen-bond acceptors (Lipinski definition) is 4. The zero-order valence-electron chi connectivity index (χ0n) is 13.0. The van der Waals surface area contributed by atoms with E-state index in [9.17, 15) is 4.79 Å². The van der Waals surface area contributed by atoms with Crippen LogP contribution in [-0.2, 0) is 5.41 Å². The molecule has 0 atom stereocenters. The SMILES string of the molecule is COc1cccc(N(C)C(=O)c2n[nH]c(C(C)(C)C)n2)c1. The normalized spacial score (nSPS) is 11.3. The van der Waals surface area contributed by atoms with Gasteiger partial charge in [0, 0.05) is 24.2 Å². The third-order valence-electron chi connectivity index (χ3n) is 3.13. The highest BCUT2D eigenvalue weighted by molar-refractivity contribution is 6.03. The maximum Gasteiger partial charge on any atom is 0.297 e. The Morgan fingerprint density at radius 1 is 1.33 bits per heavy atom. The molecule has 0 aliphatic carbocycles. The van der Waals surface area contributed by atoms with Crippen molar-refractivity contribution < 1.29 is 9.53 Å². The molecule has 0 unspecified atom stereocenters. The first-order valence-electron chi connectivity index (χ1n) is 6.68. The van der Waals surface area contributed by atoms with Gasteiger partial charge in [-0.25, -0.2) is 4.98 Å². The van der Waals surface area contributed by atoms with E-state index in [1.54, 1.807) is 20.2 Å². The molecule has 0 spiro atoms. The van der Waals surface area contributed by atoms with Crippen molar-refractivity contribution in [2.45, 2.75) is 26.2 Å². The zero-order chi connectivity index (χ0) is 15.6. The highest BCUT2D eigenvalue weighted by Crippen LogP contribution is 2.22. The van der Waals surface area contributed by atoms with Crippen molar-refractivity contribution in [1.29, 1.82) is 0 Å². The maximum atomic E-state index is 12.4. The van der Waals surface area contributed by atoms with Crippen LogP contribution in [0.4, 0.5) is 5.69 Å². The number of rotatable bonds is 3. The fraction of sp³-hybridized carbons (Fsp3) is 0.400. The Labute approximate surface area is 124 Å². The van der Waals surface area contributed by atoms with Crippen LogP contribution < -0.4 is 9.64 Å². The number of nitrogens with zero attached hydrogens (tertiary/aromatic N) is 3. The summed E-state index contributed by atoms with van der Waals surface area (Å²) in [6, 6.07) is 7.27. The summed E-state index contributed by atoms with van der Waals surface area (Å²) in [7, 11) is 3.27. The summed E-state index contributed by atoms with van der Waals surface area (Å²) in [5.74, 6) is 1.27.